The van der Waals surface area contributed by atoms with Gasteiger partial charge in [0, 0.05) is 70.3 Å². The number of nitrogens with one attached hydrogen (secondary N) is 1. The van der Waals surface area contributed by atoms with E-state index in [9.17, 15) is 4.79 Å². The summed E-state index contributed by atoms with van der Waals surface area (Å²) in [5.74, 6) is 2.19. The van der Waals surface area contributed by atoms with Crippen molar-refractivity contribution in [2.45, 2.75) is 39.3 Å². The lowest BCUT2D eigenvalue weighted by Gasteiger charge is -2.32. The maximum absolute atomic E-state index is 12.6. The van der Waals surface area contributed by atoms with Gasteiger partial charge in [0.25, 0.3) is 5.56 Å². The van der Waals surface area contributed by atoms with E-state index in [0.717, 1.165) is 74.1 Å². The predicted octanol–water partition coefficient (Wildman–Crippen LogP) is 1.42. The number of piperidine rings is 1. The lowest BCUT2D eigenvalue weighted by atomic mass is 9.99. The van der Waals surface area contributed by atoms with Gasteiger partial charge in [0.1, 0.15) is 0 Å². The van der Waals surface area contributed by atoms with Gasteiger partial charge < -0.3 is 9.80 Å². The number of H-pyrrole nitrogens is 1. The van der Waals surface area contributed by atoms with Crippen molar-refractivity contribution in [3.8, 4) is 0 Å². The molecule has 1 saturated heterocycles. The molecule has 2 aliphatic rings. The highest BCUT2D eigenvalue weighted by atomic mass is 16.1. The molecule has 1 N–H and O–H groups in total. The van der Waals surface area contributed by atoms with Gasteiger partial charge in [-0.2, -0.15) is 0 Å². The molecule has 2 aliphatic heterocycles. The molecule has 2 aromatic rings. The number of hydrogen-bond donors (Lipinski definition) is 1. The van der Waals surface area contributed by atoms with Crippen LogP contribution >= 0.6 is 0 Å². The summed E-state index contributed by atoms with van der Waals surface area (Å²) >= 11 is 0. The first kappa shape index (κ1) is 18.9. The van der Waals surface area contributed by atoms with Gasteiger partial charge in [-0.1, -0.05) is 6.92 Å². The molecule has 0 amide bonds. The van der Waals surface area contributed by atoms with Crippen molar-refractivity contribution < 1.29 is 0 Å². The van der Waals surface area contributed by atoms with E-state index in [1.54, 1.807) is 0 Å². The zero-order chi connectivity index (χ0) is 19.7. The van der Waals surface area contributed by atoms with E-state index in [-0.39, 0.29) is 5.56 Å². The molecule has 0 aromatic carbocycles. The Morgan fingerprint density at radius 2 is 1.89 bits per heavy atom. The number of nitrogens with zero attached hydrogens (tertiary/aromatic N) is 6. The van der Waals surface area contributed by atoms with Crippen molar-refractivity contribution >= 4 is 11.9 Å². The van der Waals surface area contributed by atoms with Gasteiger partial charge in [-0.25, -0.2) is 15.0 Å². The van der Waals surface area contributed by atoms with Crippen LogP contribution in [0.25, 0.3) is 0 Å². The Kier molecular flexibility index (Phi) is 5.30. The van der Waals surface area contributed by atoms with Crippen LogP contribution < -0.4 is 15.4 Å². The fraction of sp³-hybridized carbons (Fsp3) is 0.600. The number of hydrogen-bond acceptors (Lipinski definition) is 7. The van der Waals surface area contributed by atoms with E-state index in [1.165, 1.54) is 0 Å². The Bertz CT molecular complexity index is 869. The van der Waals surface area contributed by atoms with Gasteiger partial charge >= 0.3 is 0 Å². The molecule has 0 spiro atoms. The first-order valence-corrected chi connectivity index (χ1v) is 10.1. The van der Waals surface area contributed by atoms with Crippen molar-refractivity contribution in [3.63, 3.8) is 0 Å². The highest BCUT2D eigenvalue weighted by molar-refractivity contribution is 5.35. The van der Waals surface area contributed by atoms with Crippen molar-refractivity contribution in [2.75, 3.05) is 43.5 Å². The summed E-state index contributed by atoms with van der Waals surface area (Å²) in [7, 11) is 3.86. The summed E-state index contributed by atoms with van der Waals surface area (Å²) in [5.41, 5.74) is 2.85. The minimum atomic E-state index is 0.0249. The predicted molar refractivity (Wildman–Crippen MR) is 110 cm³/mol. The number of aromatic amines is 1. The monoisotopic (exact) mass is 383 g/mol. The van der Waals surface area contributed by atoms with Crippen molar-refractivity contribution in [1.29, 1.82) is 0 Å². The van der Waals surface area contributed by atoms with E-state index >= 15 is 0 Å². The highest BCUT2D eigenvalue weighted by Crippen LogP contribution is 2.22. The summed E-state index contributed by atoms with van der Waals surface area (Å²) in [6.07, 6.45) is 6.78. The minimum Gasteiger partial charge on any atom is -0.347 e. The maximum Gasteiger partial charge on any atom is 0.255 e. The molecular weight excluding hydrogens is 354 g/mol. The molecule has 4 rings (SSSR count). The highest BCUT2D eigenvalue weighted by Gasteiger charge is 2.24. The van der Waals surface area contributed by atoms with Crippen LogP contribution in [0.4, 0.5) is 11.9 Å². The molecule has 150 valence electrons. The quantitative estimate of drug-likeness (QED) is 0.855. The number of anilines is 2. The molecule has 0 saturated carbocycles. The van der Waals surface area contributed by atoms with Crippen LogP contribution in [0.1, 0.15) is 36.6 Å². The lowest BCUT2D eigenvalue weighted by molar-refractivity contribution is 0.240. The lowest BCUT2D eigenvalue weighted by Crippen LogP contribution is -2.39. The van der Waals surface area contributed by atoms with Crippen LogP contribution in [-0.4, -0.2) is 58.6 Å². The molecule has 8 heteroatoms. The summed E-state index contributed by atoms with van der Waals surface area (Å²) in [6, 6.07) is 0. The molecule has 2 aromatic heterocycles. The average Bonchev–Trinajstić information content (AvgIpc) is 2.68. The van der Waals surface area contributed by atoms with Crippen LogP contribution in [0.15, 0.2) is 17.2 Å². The van der Waals surface area contributed by atoms with Crippen LogP contribution in [-0.2, 0) is 19.5 Å². The molecule has 0 aliphatic carbocycles. The zero-order valence-electron chi connectivity index (χ0n) is 17.0. The van der Waals surface area contributed by atoms with E-state index in [4.69, 9.17) is 4.98 Å². The Labute approximate surface area is 165 Å². The fourth-order valence-electron chi connectivity index (χ4n) is 3.90. The first-order chi connectivity index (χ1) is 13.5. The van der Waals surface area contributed by atoms with Crippen molar-refractivity contribution in [3.05, 3.63) is 39.6 Å². The molecule has 28 heavy (non-hydrogen) atoms. The molecule has 0 bridgehead atoms. The van der Waals surface area contributed by atoms with E-state index in [0.29, 0.717) is 12.5 Å². The van der Waals surface area contributed by atoms with Crippen molar-refractivity contribution in [1.82, 2.24) is 24.8 Å². The van der Waals surface area contributed by atoms with Crippen LogP contribution in [0.2, 0.25) is 0 Å². The van der Waals surface area contributed by atoms with E-state index in [1.807, 2.05) is 31.4 Å². The maximum atomic E-state index is 12.6. The Balaban J connectivity index is 1.48. The van der Waals surface area contributed by atoms with Gasteiger partial charge in [-0.3, -0.25) is 14.7 Å². The molecule has 8 nitrogen and oxygen atoms in total. The fourth-order valence-corrected chi connectivity index (χ4v) is 3.90. The third kappa shape index (κ3) is 4.01. The molecular formula is C20H29N7O. The Morgan fingerprint density at radius 3 is 2.57 bits per heavy atom. The largest absolute Gasteiger partial charge is 0.347 e. The standard InChI is InChI=1S/C20H29N7O/c1-14-4-8-27(9-5-14)20-23-17-13-26(7-6-16(17)18(28)24-20)12-15-10-21-19(22-11-15)25(2)3/h10-11,14H,4-9,12-13H2,1-3H3,(H,23,24,28). The topological polar surface area (TPSA) is 81.2 Å². The number of fused-ring (bicyclic) bond motifs is 1. The Hall–Kier alpha value is -2.48. The Morgan fingerprint density at radius 1 is 1.18 bits per heavy atom. The number of aromatic nitrogens is 4. The average molecular weight is 384 g/mol. The summed E-state index contributed by atoms with van der Waals surface area (Å²) < 4.78 is 0. The van der Waals surface area contributed by atoms with Crippen molar-refractivity contribution in [2.24, 2.45) is 5.92 Å². The molecule has 4 heterocycles. The number of rotatable bonds is 4. The second kappa shape index (κ2) is 7.87. The molecule has 0 unspecified atom stereocenters. The summed E-state index contributed by atoms with van der Waals surface area (Å²) in [4.78, 5) is 35.7. The van der Waals surface area contributed by atoms with Gasteiger partial charge in [-0.15, -0.1) is 0 Å². The van der Waals surface area contributed by atoms with Gasteiger partial charge in [-0.05, 0) is 25.2 Å². The van der Waals surface area contributed by atoms with Crippen LogP contribution in [0, 0.1) is 5.92 Å². The van der Waals surface area contributed by atoms with Gasteiger partial charge in [0.2, 0.25) is 11.9 Å². The summed E-state index contributed by atoms with van der Waals surface area (Å²) in [5, 5.41) is 0. The van der Waals surface area contributed by atoms with E-state index in [2.05, 4.69) is 31.7 Å². The third-order valence-corrected chi connectivity index (χ3v) is 5.72. The molecule has 0 atom stereocenters. The van der Waals surface area contributed by atoms with Gasteiger partial charge in [0.15, 0.2) is 0 Å². The SMILES string of the molecule is CC1CCN(c2nc3c(c(=O)[nH]2)CCN(Cc2cnc(N(C)C)nc2)C3)CC1. The zero-order valence-corrected chi connectivity index (χ0v) is 17.0. The molecule has 0 radical (unpaired) electrons. The smallest absolute Gasteiger partial charge is 0.255 e. The third-order valence-electron chi connectivity index (χ3n) is 5.72. The van der Waals surface area contributed by atoms with Crippen LogP contribution in [0.3, 0.4) is 0 Å². The van der Waals surface area contributed by atoms with E-state index < -0.39 is 0 Å². The first-order valence-electron chi connectivity index (χ1n) is 10.1. The summed E-state index contributed by atoms with van der Waals surface area (Å²) in [6.45, 7) is 6.50. The van der Waals surface area contributed by atoms with Crippen LogP contribution in [0.5, 0.6) is 0 Å². The second-order valence-corrected chi connectivity index (χ2v) is 8.23. The molecule has 1 fully saturated rings. The normalized spacial score (nSPS) is 18.2. The van der Waals surface area contributed by atoms with Gasteiger partial charge in [0.05, 0.1) is 5.69 Å². The second-order valence-electron chi connectivity index (χ2n) is 8.23. The minimum absolute atomic E-state index is 0.0249.